The summed E-state index contributed by atoms with van der Waals surface area (Å²) in [4.78, 5) is 5.37. The normalized spacial score (nSPS) is 19.1. The summed E-state index contributed by atoms with van der Waals surface area (Å²) in [6.45, 7) is 2.11. The Kier molecular flexibility index (Phi) is 3.44. The van der Waals surface area contributed by atoms with E-state index in [1.807, 2.05) is 12.1 Å². The van der Waals surface area contributed by atoms with Gasteiger partial charge in [0.25, 0.3) is 0 Å². The van der Waals surface area contributed by atoms with Crippen molar-refractivity contribution in [2.45, 2.75) is 32.3 Å². The predicted octanol–water partition coefficient (Wildman–Crippen LogP) is 2.79. The summed E-state index contributed by atoms with van der Waals surface area (Å²) < 4.78 is 5.12. The Labute approximate surface area is 96.1 Å². The SMILES string of the molecule is CCC1=NOC(Cc2ccc(OC)cc2)C1. The van der Waals surface area contributed by atoms with Crippen molar-refractivity contribution < 1.29 is 9.57 Å². The summed E-state index contributed by atoms with van der Waals surface area (Å²) in [5, 5.41) is 4.06. The van der Waals surface area contributed by atoms with Gasteiger partial charge >= 0.3 is 0 Å². The second kappa shape index (κ2) is 5.01. The Morgan fingerprint density at radius 2 is 2.12 bits per heavy atom. The van der Waals surface area contributed by atoms with Crippen LogP contribution in [0.3, 0.4) is 0 Å². The molecule has 1 aliphatic rings. The van der Waals surface area contributed by atoms with Crippen LogP contribution in [0.5, 0.6) is 5.75 Å². The molecule has 0 saturated heterocycles. The van der Waals surface area contributed by atoms with Crippen molar-refractivity contribution in [3.63, 3.8) is 0 Å². The van der Waals surface area contributed by atoms with Crippen LogP contribution in [-0.2, 0) is 11.3 Å². The predicted molar refractivity (Wildman–Crippen MR) is 63.9 cm³/mol. The minimum Gasteiger partial charge on any atom is -0.497 e. The summed E-state index contributed by atoms with van der Waals surface area (Å²) >= 11 is 0. The lowest BCUT2D eigenvalue weighted by molar-refractivity contribution is 0.0859. The van der Waals surface area contributed by atoms with E-state index >= 15 is 0 Å². The van der Waals surface area contributed by atoms with Crippen molar-refractivity contribution in [2.24, 2.45) is 5.16 Å². The van der Waals surface area contributed by atoms with Crippen molar-refractivity contribution in [1.29, 1.82) is 0 Å². The van der Waals surface area contributed by atoms with E-state index in [0.29, 0.717) is 0 Å². The van der Waals surface area contributed by atoms with E-state index in [2.05, 4.69) is 24.2 Å². The van der Waals surface area contributed by atoms with E-state index < -0.39 is 0 Å². The van der Waals surface area contributed by atoms with Crippen LogP contribution in [0.2, 0.25) is 0 Å². The van der Waals surface area contributed by atoms with Crippen LogP contribution < -0.4 is 4.74 Å². The maximum Gasteiger partial charge on any atom is 0.136 e. The van der Waals surface area contributed by atoms with Crippen LogP contribution in [0.15, 0.2) is 29.4 Å². The molecule has 1 aliphatic heterocycles. The number of hydrogen-bond acceptors (Lipinski definition) is 3. The first kappa shape index (κ1) is 11.0. The Hall–Kier alpha value is -1.51. The topological polar surface area (TPSA) is 30.8 Å². The lowest BCUT2D eigenvalue weighted by Gasteiger charge is -2.08. The molecule has 3 nitrogen and oxygen atoms in total. The van der Waals surface area contributed by atoms with Crippen molar-refractivity contribution in [2.75, 3.05) is 7.11 Å². The molecule has 2 rings (SSSR count). The van der Waals surface area contributed by atoms with E-state index in [1.54, 1.807) is 7.11 Å². The first-order valence-corrected chi connectivity index (χ1v) is 5.66. The summed E-state index contributed by atoms with van der Waals surface area (Å²) in [5.41, 5.74) is 2.43. The molecule has 16 heavy (non-hydrogen) atoms. The van der Waals surface area contributed by atoms with Crippen LogP contribution in [0.4, 0.5) is 0 Å². The van der Waals surface area contributed by atoms with Gasteiger partial charge in [0.15, 0.2) is 0 Å². The molecule has 1 aromatic rings. The molecule has 1 heterocycles. The van der Waals surface area contributed by atoms with Crippen LogP contribution in [0.25, 0.3) is 0 Å². The molecule has 86 valence electrons. The smallest absolute Gasteiger partial charge is 0.136 e. The molecule has 3 heteroatoms. The first-order chi connectivity index (χ1) is 7.81. The van der Waals surface area contributed by atoms with Crippen molar-refractivity contribution in [1.82, 2.24) is 0 Å². The van der Waals surface area contributed by atoms with Crippen LogP contribution in [-0.4, -0.2) is 18.9 Å². The third-order valence-electron chi connectivity index (χ3n) is 2.82. The molecule has 0 aromatic heterocycles. The van der Waals surface area contributed by atoms with Crippen molar-refractivity contribution >= 4 is 5.71 Å². The number of hydrogen-bond donors (Lipinski definition) is 0. The highest BCUT2D eigenvalue weighted by molar-refractivity contribution is 5.85. The third-order valence-corrected chi connectivity index (χ3v) is 2.82. The van der Waals surface area contributed by atoms with Gasteiger partial charge in [0.1, 0.15) is 11.9 Å². The quantitative estimate of drug-likeness (QED) is 0.779. The molecule has 1 aromatic carbocycles. The molecule has 1 atom stereocenters. The summed E-state index contributed by atoms with van der Waals surface area (Å²) in [6.07, 6.45) is 3.07. The standard InChI is InChI=1S/C13H17NO2/c1-3-11-9-13(16-14-11)8-10-4-6-12(15-2)7-5-10/h4-7,13H,3,8-9H2,1-2H3. The molecule has 1 unspecified atom stereocenters. The minimum atomic E-state index is 0.211. The molecule has 0 radical (unpaired) electrons. The molecular formula is C13H17NO2. The number of rotatable bonds is 4. The second-order valence-corrected chi connectivity index (χ2v) is 3.99. The second-order valence-electron chi connectivity index (χ2n) is 3.99. The van der Waals surface area contributed by atoms with Gasteiger partial charge in [-0.1, -0.05) is 24.2 Å². The maximum absolute atomic E-state index is 5.37. The molecule has 0 spiro atoms. The number of benzene rings is 1. The molecule has 0 aliphatic carbocycles. The zero-order valence-corrected chi connectivity index (χ0v) is 9.77. The van der Waals surface area contributed by atoms with E-state index in [-0.39, 0.29) is 6.10 Å². The fourth-order valence-corrected chi connectivity index (χ4v) is 1.83. The fourth-order valence-electron chi connectivity index (χ4n) is 1.83. The minimum absolute atomic E-state index is 0.211. The van der Waals surface area contributed by atoms with Gasteiger partial charge in [-0.25, -0.2) is 0 Å². The number of methoxy groups -OCH3 is 1. The van der Waals surface area contributed by atoms with E-state index in [1.165, 1.54) is 11.3 Å². The number of ether oxygens (including phenoxy) is 1. The summed E-state index contributed by atoms with van der Waals surface area (Å²) in [7, 11) is 1.68. The van der Waals surface area contributed by atoms with Crippen LogP contribution in [0.1, 0.15) is 25.3 Å². The Bertz CT molecular complexity index is 370. The lowest BCUT2D eigenvalue weighted by Crippen LogP contribution is -2.11. The van der Waals surface area contributed by atoms with E-state index in [9.17, 15) is 0 Å². The Morgan fingerprint density at radius 1 is 1.38 bits per heavy atom. The molecule has 0 fully saturated rings. The van der Waals surface area contributed by atoms with E-state index in [0.717, 1.165) is 25.0 Å². The highest BCUT2D eigenvalue weighted by atomic mass is 16.6. The summed E-state index contributed by atoms with van der Waals surface area (Å²) in [5.74, 6) is 0.890. The van der Waals surface area contributed by atoms with Crippen LogP contribution in [0, 0.1) is 0 Å². The van der Waals surface area contributed by atoms with Gasteiger partial charge in [-0.3, -0.25) is 0 Å². The van der Waals surface area contributed by atoms with Gasteiger partial charge in [-0.05, 0) is 24.1 Å². The Morgan fingerprint density at radius 3 is 2.69 bits per heavy atom. The van der Waals surface area contributed by atoms with Crippen molar-refractivity contribution in [3.8, 4) is 5.75 Å². The summed E-state index contributed by atoms with van der Waals surface area (Å²) in [6, 6.07) is 8.11. The fraction of sp³-hybridized carbons (Fsp3) is 0.462. The number of nitrogens with zero attached hydrogens (tertiary/aromatic N) is 1. The van der Waals surface area contributed by atoms with Gasteiger partial charge in [0.2, 0.25) is 0 Å². The zero-order valence-electron chi connectivity index (χ0n) is 9.77. The molecular weight excluding hydrogens is 202 g/mol. The van der Waals surface area contributed by atoms with Gasteiger partial charge < -0.3 is 9.57 Å². The first-order valence-electron chi connectivity index (χ1n) is 5.66. The van der Waals surface area contributed by atoms with Crippen molar-refractivity contribution in [3.05, 3.63) is 29.8 Å². The average molecular weight is 219 g/mol. The molecule has 0 amide bonds. The van der Waals surface area contributed by atoms with Gasteiger partial charge in [0.05, 0.1) is 12.8 Å². The highest BCUT2D eigenvalue weighted by Gasteiger charge is 2.19. The highest BCUT2D eigenvalue weighted by Crippen LogP contribution is 2.19. The largest absolute Gasteiger partial charge is 0.497 e. The van der Waals surface area contributed by atoms with Gasteiger partial charge in [-0.15, -0.1) is 0 Å². The van der Waals surface area contributed by atoms with Gasteiger partial charge in [0, 0.05) is 12.8 Å². The zero-order chi connectivity index (χ0) is 11.4. The molecule has 0 N–H and O–H groups in total. The van der Waals surface area contributed by atoms with Gasteiger partial charge in [-0.2, -0.15) is 0 Å². The monoisotopic (exact) mass is 219 g/mol. The maximum atomic E-state index is 5.37. The number of oxime groups is 1. The lowest BCUT2D eigenvalue weighted by atomic mass is 10.0. The third kappa shape index (κ3) is 2.54. The van der Waals surface area contributed by atoms with E-state index in [4.69, 9.17) is 9.57 Å². The van der Waals surface area contributed by atoms with Crippen LogP contribution >= 0.6 is 0 Å². The molecule has 0 bridgehead atoms. The average Bonchev–Trinajstić information content (AvgIpc) is 2.78. The molecule has 0 saturated carbocycles. The Balaban J connectivity index is 1.90.